The van der Waals surface area contributed by atoms with E-state index in [0.717, 1.165) is 5.56 Å². The monoisotopic (exact) mass is 260 g/mol. The van der Waals surface area contributed by atoms with Crippen molar-refractivity contribution in [3.8, 4) is 5.75 Å². The average Bonchev–Trinajstić information content (AvgIpc) is 2.83. The third-order valence-electron chi connectivity index (χ3n) is 2.73. The lowest BCUT2D eigenvalue weighted by Crippen LogP contribution is -2.12. The molecule has 0 spiro atoms. The number of hydrogen-bond acceptors (Lipinski definition) is 4. The molecular formula is C14H16N2O3. The van der Waals surface area contributed by atoms with Crippen LogP contribution in [0.15, 0.2) is 28.8 Å². The number of aryl methyl sites for hydroxylation is 1. The Kier molecular flexibility index (Phi) is 3.55. The summed E-state index contributed by atoms with van der Waals surface area (Å²) in [5.74, 6) is 0.433. The van der Waals surface area contributed by atoms with Crippen LogP contribution >= 0.6 is 0 Å². The molecule has 1 aromatic carbocycles. The maximum atomic E-state index is 12.0. The summed E-state index contributed by atoms with van der Waals surface area (Å²) in [5.41, 5.74) is 1.50. The van der Waals surface area contributed by atoms with E-state index in [0.29, 0.717) is 11.4 Å². The zero-order chi connectivity index (χ0) is 14.0. The first-order valence-corrected chi connectivity index (χ1v) is 6.05. The summed E-state index contributed by atoms with van der Waals surface area (Å²) >= 11 is 0. The van der Waals surface area contributed by atoms with Gasteiger partial charge in [0.25, 0.3) is 5.91 Å². The highest BCUT2D eigenvalue weighted by Gasteiger charge is 2.15. The highest BCUT2D eigenvalue weighted by molar-refractivity contribution is 6.03. The van der Waals surface area contributed by atoms with Crippen molar-refractivity contribution in [2.75, 3.05) is 5.32 Å². The normalized spacial score (nSPS) is 10.7. The lowest BCUT2D eigenvalue weighted by molar-refractivity contribution is 0.101. The van der Waals surface area contributed by atoms with E-state index in [1.54, 1.807) is 18.2 Å². The fourth-order valence-electron chi connectivity index (χ4n) is 1.60. The topological polar surface area (TPSA) is 75.4 Å². The van der Waals surface area contributed by atoms with Crippen LogP contribution in [-0.2, 0) is 0 Å². The second-order valence-corrected chi connectivity index (χ2v) is 4.74. The van der Waals surface area contributed by atoms with Gasteiger partial charge in [0.15, 0.2) is 5.69 Å². The number of carbonyl (C=O) groups excluding carboxylic acids is 1. The number of nitrogens with one attached hydrogen (secondary N) is 1. The second-order valence-electron chi connectivity index (χ2n) is 4.74. The Hall–Kier alpha value is -2.30. The summed E-state index contributed by atoms with van der Waals surface area (Å²) in [6.07, 6.45) is 0. The maximum absolute atomic E-state index is 12.0. The number of hydrogen-bond donors (Lipinski definition) is 2. The van der Waals surface area contributed by atoms with Crippen molar-refractivity contribution in [3.63, 3.8) is 0 Å². The van der Waals surface area contributed by atoms with Crippen LogP contribution in [0.25, 0.3) is 0 Å². The van der Waals surface area contributed by atoms with Crippen molar-refractivity contribution in [2.24, 2.45) is 0 Å². The van der Waals surface area contributed by atoms with Crippen LogP contribution < -0.4 is 5.32 Å². The molecule has 19 heavy (non-hydrogen) atoms. The van der Waals surface area contributed by atoms with Crippen LogP contribution in [0.5, 0.6) is 5.75 Å². The first-order chi connectivity index (χ1) is 8.97. The molecule has 0 saturated heterocycles. The van der Waals surface area contributed by atoms with E-state index in [2.05, 4.69) is 10.5 Å². The van der Waals surface area contributed by atoms with Gasteiger partial charge >= 0.3 is 0 Å². The molecule has 0 unspecified atom stereocenters. The molecule has 0 aliphatic carbocycles. The molecule has 0 atom stereocenters. The van der Waals surface area contributed by atoms with E-state index in [1.165, 1.54) is 6.07 Å². The van der Waals surface area contributed by atoms with E-state index < -0.39 is 5.91 Å². The van der Waals surface area contributed by atoms with Gasteiger partial charge in [-0.25, -0.2) is 0 Å². The van der Waals surface area contributed by atoms with Crippen molar-refractivity contribution >= 4 is 11.6 Å². The maximum Gasteiger partial charge on any atom is 0.277 e. The Bertz CT molecular complexity index is 602. The largest absolute Gasteiger partial charge is 0.506 e. The predicted octanol–water partition coefficient (Wildman–Crippen LogP) is 3.06. The van der Waals surface area contributed by atoms with Crippen LogP contribution in [-0.4, -0.2) is 16.2 Å². The molecule has 2 N–H and O–H groups in total. The minimum Gasteiger partial charge on any atom is -0.506 e. The van der Waals surface area contributed by atoms with Crippen LogP contribution in [0.4, 0.5) is 5.69 Å². The molecule has 2 rings (SSSR count). The average molecular weight is 260 g/mol. The van der Waals surface area contributed by atoms with E-state index in [1.807, 2.05) is 20.8 Å². The second kappa shape index (κ2) is 5.14. The number of amides is 1. The van der Waals surface area contributed by atoms with Gasteiger partial charge in [-0.3, -0.25) is 4.79 Å². The zero-order valence-corrected chi connectivity index (χ0v) is 11.1. The molecule has 0 bridgehead atoms. The number of phenolic OH excluding ortho intramolecular Hbond substituents is 1. The van der Waals surface area contributed by atoms with E-state index in [-0.39, 0.29) is 17.4 Å². The molecule has 1 heterocycles. The summed E-state index contributed by atoms with van der Waals surface area (Å²) in [4.78, 5) is 12.0. The first-order valence-electron chi connectivity index (χ1n) is 6.05. The number of aromatic hydroxyl groups is 1. The van der Waals surface area contributed by atoms with Gasteiger partial charge in [0.05, 0.1) is 5.69 Å². The third-order valence-corrected chi connectivity index (χ3v) is 2.73. The minimum atomic E-state index is -0.406. The molecule has 0 radical (unpaired) electrons. The molecule has 0 aliphatic heterocycles. The Morgan fingerprint density at radius 2 is 2.11 bits per heavy atom. The van der Waals surface area contributed by atoms with Crippen molar-refractivity contribution in [1.82, 2.24) is 5.16 Å². The molecule has 100 valence electrons. The number of aromatic nitrogens is 1. The van der Waals surface area contributed by atoms with Gasteiger partial charge < -0.3 is 14.9 Å². The molecule has 0 fully saturated rings. The Morgan fingerprint density at radius 3 is 2.74 bits per heavy atom. The highest BCUT2D eigenvalue weighted by atomic mass is 16.5. The quantitative estimate of drug-likeness (QED) is 0.831. The number of benzene rings is 1. The van der Waals surface area contributed by atoms with Crippen molar-refractivity contribution in [3.05, 3.63) is 41.3 Å². The molecule has 1 aromatic heterocycles. The Morgan fingerprint density at radius 1 is 1.37 bits per heavy atom. The number of rotatable bonds is 3. The summed E-state index contributed by atoms with van der Waals surface area (Å²) in [7, 11) is 0. The number of anilines is 1. The molecule has 0 saturated carbocycles. The van der Waals surface area contributed by atoms with Gasteiger partial charge in [-0.05, 0) is 24.6 Å². The molecular weight excluding hydrogens is 244 g/mol. The van der Waals surface area contributed by atoms with E-state index >= 15 is 0 Å². The fourth-order valence-corrected chi connectivity index (χ4v) is 1.60. The molecule has 5 nitrogen and oxygen atoms in total. The lowest BCUT2D eigenvalue weighted by atomic mass is 10.1. The van der Waals surface area contributed by atoms with Crippen LogP contribution in [0, 0.1) is 6.92 Å². The van der Waals surface area contributed by atoms with E-state index in [9.17, 15) is 9.90 Å². The first kappa shape index (κ1) is 13.1. The van der Waals surface area contributed by atoms with Crippen molar-refractivity contribution in [2.45, 2.75) is 26.7 Å². The smallest absolute Gasteiger partial charge is 0.277 e. The summed E-state index contributed by atoms with van der Waals surface area (Å²) in [6, 6.07) is 6.59. The minimum absolute atomic E-state index is 0.0199. The molecule has 5 heteroatoms. The van der Waals surface area contributed by atoms with Gasteiger partial charge in [0, 0.05) is 12.0 Å². The van der Waals surface area contributed by atoms with Gasteiger partial charge in [0.2, 0.25) is 0 Å². The van der Waals surface area contributed by atoms with Gasteiger partial charge in [0.1, 0.15) is 11.5 Å². The SMILES string of the molecule is Cc1ccc(O)c(NC(=O)c2cc(C(C)C)on2)c1. The lowest BCUT2D eigenvalue weighted by Gasteiger charge is -2.06. The zero-order valence-electron chi connectivity index (χ0n) is 11.1. The molecule has 0 aliphatic rings. The van der Waals surface area contributed by atoms with Gasteiger partial charge in [-0.15, -0.1) is 0 Å². The number of phenols is 1. The fraction of sp³-hybridized carbons (Fsp3) is 0.286. The summed E-state index contributed by atoms with van der Waals surface area (Å²) in [5, 5.41) is 16.0. The van der Waals surface area contributed by atoms with Crippen molar-refractivity contribution in [1.29, 1.82) is 0 Å². The molecule has 1 amide bonds. The summed E-state index contributed by atoms with van der Waals surface area (Å²) in [6.45, 7) is 5.78. The summed E-state index contributed by atoms with van der Waals surface area (Å²) < 4.78 is 5.07. The van der Waals surface area contributed by atoms with Crippen LogP contribution in [0.1, 0.15) is 41.6 Å². The standard InChI is InChI=1S/C14H16N2O3/c1-8(2)13-7-11(16-19-13)14(18)15-10-6-9(3)4-5-12(10)17/h4-8,17H,1-3H3,(H,15,18). The third kappa shape index (κ3) is 2.93. The van der Waals surface area contributed by atoms with Gasteiger partial charge in [-0.1, -0.05) is 25.1 Å². The number of nitrogens with zero attached hydrogens (tertiary/aromatic N) is 1. The van der Waals surface area contributed by atoms with Crippen molar-refractivity contribution < 1.29 is 14.4 Å². The van der Waals surface area contributed by atoms with E-state index in [4.69, 9.17) is 4.52 Å². The predicted molar refractivity (Wildman–Crippen MR) is 71.4 cm³/mol. The van der Waals surface area contributed by atoms with Gasteiger partial charge in [-0.2, -0.15) is 0 Å². The Labute approximate surface area is 111 Å². The van der Waals surface area contributed by atoms with Crippen LogP contribution in [0.2, 0.25) is 0 Å². The highest BCUT2D eigenvalue weighted by Crippen LogP contribution is 2.24. The Balaban J connectivity index is 2.18. The number of carbonyl (C=O) groups is 1. The van der Waals surface area contributed by atoms with Crippen LogP contribution in [0.3, 0.4) is 0 Å². The molecule has 2 aromatic rings.